The van der Waals surface area contributed by atoms with Gasteiger partial charge in [0, 0.05) is 23.6 Å². The van der Waals surface area contributed by atoms with Crippen LogP contribution < -0.4 is 10.2 Å². The van der Waals surface area contributed by atoms with Gasteiger partial charge in [0.15, 0.2) is 11.9 Å². The fourth-order valence-corrected chi connectivity index (χ4v) is 3.90. The monoisotopic (exact) mass is 432 g/mol. The molecule has 0 radical (unpaired) electrons. The number of hydrogen-bond acceptors (Lipinski definition) is 5. The molecule has 9 heteroatoms. The van der Waals surface area contributed by atoms with Crippen LogP contribution in [-0.4, -0.2) is 51.2 Å². The number of carbonyl (C=O) groups excluding carboxylic acids is 2. The van der Waals surface area contributed by atoms with Gasteiger partial charge in [-0.15, -0.1) is 10.2 Å². The number of aromatic nitrogens is 3. The highest BCUT2D eigenvalue weighted by Crippen LogP contribution is 2.41. The van der Waals surface area contributed by atoms with Crippen LogP contribution in [-0.2, 0) is 4.79 Å². The molecule has 1 aromatic carbocycles. The van der Waals surface area contributed by atoms with Gasteiger partial charge in [0.2, 0.25) is 5.95 Å². The summed E-state index contributed by atoms with van der Waals surface area (Å²) >= 11 is 3.44. The van der Waals surface area contributed by atoms with Gasteiger partial charge >= 0.3 is 6.03 Å². The van der Waals surface area contributed by atoms with Gasteiger partial charge in [-0.25, -0.2) is 4.79 Å². The number of hydrogen-bond donors (Lipinski definition) is 1. The zero-order chi connectivity index (χ0) is 19.3. The van der Waals surface area contributed by atoms with Gasteiger partial charge in [0.25, 0.3) is 5.91 Å². The summed E-state index contributed by atoms with van der Waals surface area (Å²) in [5, 5.41) is 11.2. The number of anilines is 1. The van der Waals surface area contributed by atoms with Crippen LogP contribution in [0.5, 0.6) is 0 Å². The summed E-state index contributed by atoms with van der Waals surface area (Å²) in [5.41, 5.74) is 0.883. The van der Waals surface area contributed by atoms with Crippen molar-refractivity contribution in [3.8, 4) is 11.4 Å². The topological polar surface area (TPSA) is 83.4 Å². The van der Waals surface area contributed by atoms with E-state index in [1.165, 1.54) is 0 Å². The predicted molar refractivity (Wildman–Crippen MR) is 104 cm³/mol. The van der Waals surface area contributed by atoms with E-state index in [9.17, 15) is 9.59 Å². The minimum atomic E-state index is -0.508. The van der Waals surface area contributed by atoms with Gasteiger partial charge in [0.1, 0.15) is 6.17 Å². The molecule has 2 aliphatic heterocycles. The van der Waals surface area contributed by atoms with Crippen molar-refractivity contribution in [1.82, 2.24) is 25.0 Å². The largest absolute Gasteiger partial charge is 0.325 e. The number of nitrogens with one attached hydrogen (secondary N) is 1. The summed E-state index contributed by atoms with van der Waals surface area (Å²) in [6.07, 6.45) is 0.441. The van der Waals surface area contributed by atoms with Crippen molar-refractivity contribution in [1.29, 1.82) is 0 Å². The first-order chi connectivity index (χ1) is 12.9. The highest BCUT2D eigenvalue weighted by atomic mass is 79.9. The Kier molecular flexibility index (Phi) is 4.41. The SMILES string of the molecule is CC(C)CCN1c2nnc(-c3ccc(Br)cc3)n2C2C1C(=O)NC(=O)N2C. The van der Waals surface area contributed by atoms with E-state index in [1.54, 1.807) is 11.9 Å². The summed E-state index contributed by atoms with van der Waals surface area (Å²) in [4.78, 5) is 28.5. The van der Waals surface area contributed by atoms with E-state index < -0.39 is 18.2 Å². The van der Waals surface area contributed by atoms with Crippen LogP contribution in [0, 0.1) is 5.92 Å². The van der Waals surface area contributed by atoms with E-state index >= 15 is 0 Å². The van der Waals surface area contributed by atoms with E-state index in [0.29, 0.717) is 24.2 Å². The Bertz CT molecular complexity index is 894. The minimum Gasteiger partial charge on any atom is -0.325 e. The quantitative estimate of drug-likeness (QED) is 0.802. The Morgan fingerprint density at radius 3 is 2.56 bits per heavy atom. The smallest absolute Gasteiger partial charge is 0.325 e. The molecule has 27 heavy (non-hydrogen) atoms. The first-order valence-electron chi connectivity index (χ1n) is 8.93. The van der Waals surface area contributed by atoms with Crippen molar-refractivity contribution in [3.05, 3.63) is 28.7 Å². The Labute approximate surface area is 165 Å². The molecule has 4 rings (SSSR count). The number of benzene rings is 1. The van der Waals surface area contributed by atoms with Crippen LogP contribution in [0.3, 0.4) is 0 Å². The highest BCUT2D eigenvalue weighted by Gasteiger charge is 2.52. The van der Waals surface area contributed by atoms with Crippen molar-refractivity contribution in [2.24, 2.45) is 5.92 Å². The molecule has 0 saturated carbocycles. The van der Waals surface area contributed by atoms with E-state index in [-0.39, 0.29) is 5.91 Å². The van der Waals surface area contributed by atoms with Crippen LogP contribution in [0.1, 0.15) is 26.4 Å². The number of rotatable bonds is 4. The minimum absolute atomic E-state index is 0.292. The van der Waals surface area contributed by atoms with E-state index in [1.807, 2.05) is 33.7 Å². The molecule has 0 bridgehead atoms. The maximum Gasteiger partial charge on any atom is 0.325 e. The number of imide groups is 1. The molecule has 1 aromatic heterocycles. The second-order valence-corrected chi connectivity index (χ2v) is 8.26. The average Bonchev–Trinajstić information content (AvgIpc) is 3.17. The van der Waals surface area contributed by atoms with Gasteiger partial charge in [0.05, 0.1) is 0 Å². The van der Waals surface area contributed by atoms with Gasteiger partial charge < -0.3 is 9.80 Å². The van der Waals surface area contributed by atoms with Gasteiger partial charge in [-0.3, -0.25) is 14.7 Å². The molecule has 2 unspecified atom stereocenters. The van der Waals surface area contributed by atoms with Gasteiger partial charge in [-0.1, -0.05) is 41.9 Å². The third kappa shape index (κ3) is 2.90. The van der Waals surface area contributed by atoms with Gasteiger partial charge in [-0.05, 0) is 24.5 Å². The summed E-state index contributed by atoms with van der Waals surface area (Å²) in [6, 6.07) is 6.83. The number of fused-ring (bicyclic) bond motifs is 3. The van der Waals surface area contributed by atoms with Crippen molar-refractivity contribution in [2.45, 2.75) is 32.5 Å². The molecule has 3 amide bonds. The van der Waals surface area contributed by atoms with Crippen molar-refractivity contribution >= 4 is 33.8 Å². The van der Waals surface area contributed by atoms with E-state index in [4.69, 9.17) is 0 Å². The molecule has 1 N–H and O–H groups in total. The van der Waals surface area contributed by atoms with Crippen LogP contribution in [0.4, 0.5) is 10.7 Å². The van der Waals surface area contributed by atoms with Crippen LogP contribution in [0.25, 0.3) is 11.4 Å². The zero-order valence-corrected chi connectivity index (χ0v) is 17.0. The number of likely N-dealkylation sites (N-methyl/N-ethyl adjacent to an activating group) is 1. The maximum atomic E-state index is 12.7. The number of nitrogens with zero attached hydrogens (tertiary/aromatic N) is 5. The van der Waals surface area contributed by atoms with Crippen molar-refractivity contribution < 1.29 is 9.59 Å². The predicted octanol–water partition coefficient (Wildman–Crippen LogP) is 2.62. The Balaban J connectivity index is 1.82. The molecule has 8 nitrogen and oxygen atoms in total. The molecule has 2 aliphatic rings. The normalized spacial score (nSPS) is 21.5. The van der Waals surface area contributed by atoms with Crippen molar-refractivity contribution in [2.75, 3.05) is 18.5 Å². The second kappa shape index (κ2) is 6.63. The summed E-state index contributed by atoms with van der Waals surface area (Å²) < 4.78 is 2.87. The Hall–Kier alpha value is -2.42. The summed E-state index contributed by atoms with van der Waals surface area (Å²) in [6.45, 7) is 4.96. The molecule has 2 aromatic rings. The number of amides is 3. The first-order valence-corrected chi connectivity index (χ1v) is 9.73. The fraction of sp³-hybridized carbons (Fsp3) is 0.444. The summed E-state index contributed by atoms with van der Waals surface area (Å²) in [7, 11) is 1.69. The molecular weight excluding hydrogens is 412 g/mol. The van der Waals surface area contributed by atoms with Crippen LogP contribution in [0.2, 0.25) is 0 Å². The number of carbonyl (C=O) groups is 2. The molecule has 3 heterocycles. The van der Waals surface area contributed by atoms with Crippen molar-refractivity contribution in [3.63, 3.8) is 0 Å². The van der Waals surface area contributed by atoms with E-state index in [0.717, 1.165) is 16.5 Å². The second-order valence-electron chi connectivity index (χ2n) is 7.34. The molecule has 0 aliphatic carbocycles. The number of halogens is 1. The Morgan fingerprint density at radius 1 is 1.19 bits per heavy atom. The zero-order valence-electron chi connectivity index (χ0n) is 15.4. The summed E-state index contributed by atoms with van der Waals surface area (Å²) in [5.74, 6) is 1.46. The third-order valence-electron chi connectivity index (χ3n) is 5.08. The molecule has 2 atom stereocenters. The lowest BCUT2D eigenvalue weighted by molar-refractivity contribution is -0.124. The molecular formula is C18H21BrN6O2. The van der Waals surface area contributed by atoms with Gasteiger partial charge in [-0.2, -0.15) is 0 Å². The van der Waals surface area contributed by atoms with Crippen LogP contribution >= 0.6 is 15.9 Å². The third-order valence-corrected chi connectivity index (χ3v) is 5.61. The van der Waals surface area contributed by atoms with E-state index in [2.05, 4.69) is 45.3 Å². The maximum absolute atomic E-state index is 12.7. The lowest BCUT2D eigenvalue weighted by Gasteiger charge is -2.37. The molecule has 142 valence electrons. The lowest BCUT2D eigenvalue weighted by atomic mass is 10.1. The molecule has 0 spiro atoms. The fourth-order valence-electron chi connectivity index (χ4n) is 3.63. The standard InChI is InChI=1S/C18H21BrN6O2/c1-10(2)8-9-24-13-15(26)20-18(27)23(3)16(13)25-14(21-22-17(24)25)11-4-6-12(19)7-5-11/h4-7,10,13,16H,8-9H2,1-3H3,(H,20,26,27). The molecule has 1 saturated heterocycles. The lowest BCUT2D eigenvalue weighted by Crippen LogP contribution is -2.61. The molecule has 1 fully saturated rings. The highest BCUT2D eigenvalue weighted by molar-refractivity contribution is 9.10. The first kappa shape index (κ1) is 18.0. The van der Waals surface area contributed by atoms with Crippen LogP contribution in [0.15, 0.2) is 28.7 Å². The number of urea groups is 1. The Morgan fingerprint density at radius 2 is 1.89 bits per heavy atom. The average molecular weight is 433 g/mol.